The quantitative estimate of drug-likeness (QED) is 0.748. The zero-order chi connectivity index (χ0) is 13.6. The van der Waals surface area contributed by atoms with Crippen LogP contribution in [0.1, 0.15) is 11.1 Å². The maximum absolute atomic E-state index is 5.61. The van der Waals surface area contributed by atoms with E-state index in [1.54, 1.807) is 6.20 Å². The Morgan fingerprint density at radius 2 is 1.90 bits per heavy atom. The lowest BCUT2D eigenvalue weighted by molar-refractivity contribution is 0.294. The summed E-state index contributed by atoms with van der Waals surface area (Å²) in [4.78, 5) is 4.13. The third kappa shape index (κ3) is 3.63. The Kier molecular flexibility index (Phi) is 4.37. The Labute approximate surface area is 127 Å². The minimum Gasteiger partial charge on any atom is -0.473 e. The van der Waals surface area contributed by atoms with E-state index in [9.17, 15) is 0 Å². The highest BCUT2D eigenvalue weighted by molar-refractivity contribution is 14.2. The summed E-state index contributed by atoms with van der Waals surface area (Å²) in [7, 11) is 0. The van der Waals surface area contributed by atoms with Gasteiger partial charge in [0.15, 0.2) is 21.1 Å². The van der Waals surface area contributed by atoms with E-state index in [-0.39, 0.29) is 21.1 Å². The van der Waals surface area contributed by atoms with Gasteiger partial charge in [-0.2, -0.15) is 0 Å². The van der Waals surface area contributed by atoms with Crippen LogP contribution in [0.5, 0.6) is 5.88 Å². The van der Waals surface area contributed by atoms with Gasteiger partial charge in [-0.05, 0) is 17.2 Å². The van der Waals surface area contributed by atoms with Crippen molar-refractivity contribution in [2.24, 2.45) is 5.16 Å². The molecule has 0 fully saturated rings. The van der Waals surface area contributed by atoms with Crippen LogP contribution in [0.3, 0.4) is 0 Å². The van der Waals surface area contributed by atoms with E-state index < -0.39 is 0 Å². The fraction of sp³-hybridized carbons (Fsp3) is 0.133. The first-order chi connectivity index (χ1) is 9.90. The van der Waals surface area contributed by atoms with Crippen LogP contribution in [-0.2, 0) is 16.2 Å². The van der Waals surface area contributed by atoms with E-state index in [1.165, 1.54) is 5.56 Å². The first kappa shape index (κ1) is 13.2. The zero-order valence-corrected chi connectivity index (χ0v) is 12.9. The molecular weight excluding hydrogens is 367 g/mol. The van der Waals surface area contributed by atoms with Crippen LogP contribution in [0.4, 0.5) is 0 Å². The Morgan fingerprint density at radius 3 is 2.60 bits per heavy atom. The minimum atomic E-state index is -0.291. The molecule has 0 atom stereocenters. The molecule has 0 spiro atoms. The second-order valence-corrected chi connectivity index (χ2v) is 5.82. The molecule has 0 unspecified atom stereocenters. The summed E-state index contributed by atoms with van der Waals surface area (Å²) in [6.45, 7) is 0.527. The standard InChI is InChI=1S/C15H13IN2O2/c1-2-8-17-15(3-1)19-11-13-6-4-12(5-7-13)9-14-10-16-20-18-14/h1-8,10H,9,11H2. The van der Waals surface area contributed by atoms with E-state index in [0.717, 1.165) is 17.7 Å². The smallest absolute Gasteiger partial charge is 0.213 e. The summed E-state index contributed by atoms with van der Waals surface area (Å²) >= 11 is -0.291. The zero-order valence-electron chi connectivity index (χ0n) is 10.7. The highest BCUT2D eigenvalue weighted by Gasteiger charge is 2.04. The molecule has 1 aliphatic heterocycles. The Hall–Kier alpha value is -1.76. The topological polar surface area (TPSA) is 43.7 Å². The summed E-state index contributed by atoms with van der Waals surface area (Å²) in [5, 5.41) is 4.01. The minimum absolute atomic E-state index is 0.291. The van der Waals surface area contributed by atoms with Crippen molar-refractivity contribution in [1.82, 2.24) is 4.98 Å². The van der Waals surface area contributed by atoms with Gasteiger partial charge in [0.1, 0.15) is 6.61 Å². The SMILES string of the molecule is C1=ION=C1Cc1ccc(COc2ccccn2)cc1. The summed E-state index contributed by atoms with van der Waals surface area (Å²) in [5.74, 6) is 0.646. The van der Waals surface area contributed by atoms with Gasteiger partial charge in [-0.15, -0.1) is 0 Å². The van der Waals surface area contributed by atoms with Crippen molar-refractivity contribution < 1.29 is 7.90 Å². The lowest BCUT2D eigenvalue weighted by Crippen LogP contribution is -2.02. The van der Waals surface area contributed by atoms with E-state index in [1.807, 2.05) is 18.2 Å². The van der Waals surface area contributed by atoms with Crippen LogP contribution in [0.15, 0.2) is 53.8 Å². The summed E-state index contributed by atoms with van der Waals surface area (Å²) < 4.78 is 12.8. The second-order valence-electron chi connectivity index (χ2n) is 4.30. The number of halogens is 1. The van der Waals surface area contributed by atoms with Crippen molar-refractivity contribution in [3.63, 3.8) is 0 Å². The van der Waals surface area contributed by atoms with Crippen LogP contribution in [0.25, 0.3) is 0 Å². The van der Waals surface area contributed by atoms with Gasteiger partial charge < -0.3 is 7.90 Å². The molecule has 0 aliphatic carbocycles. The maximum atomic E-state index is 5.61. The number of aromatic nitrogens is 1. The van der Waals surface area contributed by atoms with Crippen molar-refractivity contribution in [3.8, 4) is 5.88 Å². The van der Waals surface area contributed by atoms with Crippen LogP contribution in [0.2, 0.25) is 0 Å². The fourth-order valence-electron chi connectivity index (χ4n) is 1.78. The Morgan fingerprint density at radius 1 is 1.05 bits per heavy atom. The molecule has 1 aromatic heterocycles. The largest absolute Gasteiger partial charge is 0.473 e. The molecule has 2 aromatic rings. The third-order valence-electron chi connectivity index (χ3n) is 2.79. The predicted molar refractivity (Wildman–Crippen MR) is 87.3 cm³/mol. The number of pyridine rings is 1. The van der Waals surface area contributed by atoms with Crippen LogP contribution < -0.4 is 4.74 Å². The first-order valence-corrected chi connectivity index (χ1v) is 8.34. The van der Waals surface area contributed by atoms with E-state index in [4.69, 9.17) is 7.90 Å². The van der Waals surface area contributed by atoms with E-state index in [2.05, 4.69) is 38.4 Å². The van der Waals surface area contributed by atoms with Gasteiger partial charge in [-0.1, -0.05) is 35.5 Å². The highest BCUT2D eigenvalue weighted by Crippen LogP contribution is 2.13. The molecule has 0 bridgehead atoms. The monoisotopic (exact) mass is 380 g/mol. The molecule has 4 nitrogen and oxygen atoms in total. The van der Waals surface area contributed by atoms with Crippen molar-refractivity contribution >= 4 is 30.9 Å². The number of rotatable bonds is 5. The number of oxime groups is 1. The third-order valence-corrected chi connectivity index (χ3v) is 4.19. The molecule has 0 amide bonds. The second kappa shape index (κ2) is 6.60. The molecule has 0 saturated heterocycles. The molecule has 0 saturated carbocycles. The number of hydrogen-bond acceptors (Lipinski definition) is 4. The summed E-state index contributed by atoms with van der Waals surface area (Å²) in [6, 6.07) is 14.0. The number of benzene rings is 1. The number of hydrogen-bond donors (Lipinski definition) is 0. The molecule has 20 heavy (non-hydrogen) atoms. The van der Waals surface area contributed by atoms with E-state index in [0.29, 0.717) is 12.5 Å². The van der Waals surface area contributed by atoms with Crippen molar-refractivity contribution in [2.75, 3.05) is 0 Å². The highest BCUT2D eigenvalue weighted by atomic mass is 127. The molecule has 3 rings (SSSR count). The Balaban J connectivity index is 1.57. The van der Waals surface area contributed by atoms with Gasteiger partial charge in [0, 0.05) is 22.7 Å². The van der Waals surface area contributed by atoms with Crippen molar-refractivity contribution in [1.29, 1.82) is 0 Å². The molecule has 0 N–H and O–H groups in total. The predicted octanol–water partition coefficient (Wildman–Crippen LogP) is 3.28. The van der Waals surface area contributed by atoms with Gasteiger partial charge in [-0.25, -0.2) is 4.98 Å². The van der Waals surface area contributed by atoms with Gasteiger partial charge in [0.25, 0.3) is 0 Å². The average Bonchev–Trinajstić information content (AvgIpc) is 3.01. The molecule has 0 radical (unpaired) electrons. The molecule has 2 heterocycles. The summed E-state index contributed by atoms with van der Waals surface area (Å²) in [5.41, 5.74) is 3.40. The van der Waals surface area contributed by atoms with Gasteiger partial charge in [0.05, 0.1) is 5.71 Å². The van der Waals surface area contributed by atoms with Crippen LogP contribution in [0, 0.1) is 0 Å². The maximum Gasteiger partial charge on any atom is 0.213 e. The van der Waals surface area contributed by atoms with Crippen molar-refractivity contribution in [3.05, 3.63) is 59.8 Å². The van der Waals surface area contributed by atoms with E-state index >= 15 is 0 Å². The molecule has 1 aromatic carbocycles. The molecular formula is C15H13IN2O2. The van der Waals surface area contributed by atoms with Gasteiger partial charge in [-0.3, -0.25) is 0 Å². The summed E-state index contributed by atoms with van der Waals surface area (Å²) in [6.07, 6.45) is 2.56. The van der Waals surface area contributed by atoms with Crippen molar-refractivity contribution in [2.45, 2.75) is 13.0 Å². The van der Waals surface area contributed by atoms with Gasteiger partial charge in [0.2, 0.25) is 5.88 Å². The molecule has 102 valence electrons. The van der Waals surface area contributed by atoms with Gasteiger partial charge >= 0.3 is 0 Å². The lowest BCUT2D eigenvalue weighted by Gasteiger charge is -2.06. The lowest BCUT2D eigenvalue weighted by atomic mass is 10.1. The average molecular weight is 380 g/mol. The first-order valence-electron chi connectivity index (χ1n) is 6.21. The normalized spacial score (nSPS) is 13.3. The molecule has 1 aliphatic rings. The van der Waals surface area contributed by atoms with Crippen LogP contribution >= 0.6 is 21.1 Å². The number of ether oxygens (including phenoxy) is 1. The molecule has 5 heteroatoms. The Bertz CT molecular complexity index is 624. The van der Waals surface area contributed by atoms with Crippen LogP contribution in [-0.4, -0.2) is 14.7 Å². The number of nitrogens with zero attached hydrogens (tertiary/aromatic N) is 2. The fourth-order valence-corrected chi connectivity index (χ4v) is 2.89.